The van der Waals surface area contributed by atoms with Crippen LogP contribution in [-0.2, 0) is 17.9 Å². The molecule has 0 saturated heterocycles. The molecule has 0 bridgehead atoms. The van der Waals surface area contributed by atoms with Gasteiger partial charge in [0.05, 0.1) is 25.7 Å². The molecule has 0 aliphatic rings. The number of nitrogens with one attached hydrogen (secondary N) is 1. The second kappa shape index (κ2) is 10.7. The lowest BCUT2D eigenvalue weighted by molar-refractivity contribution is -0.113. The molecule has 0 aliphatic carbocycles. The summed E-state index contributed by atoms with van der Waals surface area (Å²) in [6, 6.07) is 10.9. The van der Waals surface area contributed by atoms with Crippen molar-refractivity contribution in [3.63, 3.8) is 0 Å². The first-order chi connectivity index (χ1) is 15.0. The van der Waals surface area contributed by atoms with E-state index >= 15 is 0 Å². The molecule has 0 atom stereocenters. The standard InChI is InChI=1S/C21H23FN4O4S/c1-4-26-19(12-30-15-7-5-14(22)6-8-15)24-25-21(26)31-13-20(27)23-17-11-16(28-2)9-10-18(17)29-3/h5-11H,4,12-13H2,1-3H3,(H,23,27). The van der Waals surface area contributed by atoms with Gasteiger partial charge in [-0.1, -0.05) is 11.8 Å². The average molecular weight is 447 g/mol. The summed E-state index contributed by atoms with van der Waals surface area (Å²) >= 11 is 1.27. The van der Waals surface area contributed by atoms with Gasteiger partial charge in [0.25, 0.3) is 0 Å². The minimum Gasteiger partial charge on any atom is -0.497 e. The lowest BCUT2D eigenvalue weighted by Crippen LogP contribution is -2.15. The van der Waals surface area contributed by atoms with E-state index in [4.69, 9.17) is 14.2 Å². The minimum atomic E-state index is -0.326. The number of methoxy groups -OCH3 is 2. The van der Waals surface area contributed by atoms with Crippen LogP contribution in [0, 0.1) is 5.82 Å². The lowest BCUT2D eigenvalue weighted by Gasteiger charge is -2.12. The predicted octanol–water partition coefficient (Wildman–Crippen LogP) is 3.76. The van der Waals surface area contributed by atoms with Crippen molar-refractivity contribution >= 4 is 23.4 Å². The first kappa shape index (κ1) is 22.4. The Morgan fingerprint density at radius 2 is 1.84 bits per heavy atom. The van der Waals surface area contributed by atoms with E-state index in [1.54, 1.807) is 37.4 Å². The van der Waals surface area contributed by atoms with E-state index in [0.29, 0.717) is 40.5 Å². The van der Waals surface area contributed by atoms with Crippen molar-refractivity contribution in [2.75, 3.05) is 25.3 Å². The highest BCUT2D eigenvalue weighted by molar-refractivity contribution is 7.99. The predicted molar refractivity (Wildman–Crippen MR) is 115 cm³/mol. The van der Waals surface area contributed by atoms with Crippen LogP contribution in [0.25, 0.3) is 0 Å². The summed E-state index contributed by atoms with van der Waals surface area (Å²) in [7, 11) is 3.09. The molecule has 10 heteroatoms. The Balaban J connectivity index is 1.60. The summed E-state index contributed by atoms with van der Waals surface area (Å²) in [6.45, 7) is 2.75. The largest absolute Gasteiger partial charge is 0.497 e. The number of aromatic nitrogens is 3. The molecule has 0 spiro atoms. The molecule has 1 N–H and O–H groups in total. The summed E-state index contributed by atoms with van der Waals surface area (Å²) in [5.74, 6) is 1.89. The van der Waals surface area contributed by atoms with Crippen LogP contribution in [0.1, 0.15) is 12.7 Å². The van der Waals surface area contributed by atoms with Crippen LogP contribution in [0.3, 0.4) is 0 Å². The molecule has 1 amide bonds. The molecular formula is C21H23FN4O4S. The van der Waals surface area contributed by atoms with Gasteiger partial charge in [0.15, 0.2) is 11.0 Å². The summed E-state index contributed by atoms with van der Waals surface area (Å²) in [4.78, 5) is 12.5. The Hall–Kier alpha value is -3.27. The number of thioether (sulfide) groups is 1. The van der Waals surface area contributed by atoms with Crippen LogP contribution in [0.4, 0.5) is 10.1 Å². The summed E-state index contributed by atoms with van der Waals surface area (Å²) in [5, 5.41) is 11.8. The zero-order valence-corrected chi connectivity index (χ0v) is 18.2. The van der Waals surface area contributed by atoms with Crippen molar-refractivity contribution in [2.45, 2.75) is 25.2 Å². The first-order valence-electron chi connectivity index (χ1n) is 9.49. The lowest BCUT2D eigenvalue weighted by atomic mass is 10.2. The first-order valence-corrected chi connectivity index (χ1v) is 10.5. The number of carbonyl (C=O) groups excluding carboxylic acids is 1. The molecule has 1 heterocycles. The van der Waals surface area contributed by atoms with E-state index in [2.05, 4.69) is 15.5 Å². The van der Waals surface area contributed by atoms with Gasteiger partial charge in [-0.3, -0.25) is 4.79 Å². The quantitative estimate of drug-likeness (QED) is 0.475. The SMILES string of the molecule is CCn1c(COc2ccc(F)cc2)nnc1SCC(=O)Nc1cc(OC)ccc1OC. The van der Waals surface area contributed by atoms with E-state index in [1.165, 1.54) is 31.0 Å². The maximum atomic E-state index is 13.0. The fourth-order valence-electron chi connectivity index (χ4n) is 2.76. The normalized spacial score (nSPS) is 10.6. The number of amides is 1. The number of carbonyl (C=O) groups is 1. The van der Waals surface area contributed by atoms with Gasteiger partial charge in [-0.25, -0.2) is 4.39 Å². The second-order valence-electron chi connectivity index (χ2n) is 6.29. The van der Waals surface area contributed by atoms with Crippen molar-refractivity contribution in [1.82, 2.24) is 14.8 Å². The number of anilines is 1. The average Bonchev–Trinajstić information content (AvgIpc) is 3.19. The molecule has 0 unspecified atom stereocenters. The molecule has 3 aromatic rings. The van der Waals surface area contributed by atoms with Gasteiger partial charge in [0.2, 0.25) is 5.91 Å². The molecule has 31 heavy (non-hydrogen) atoms. The van der Waals surface area contributed by atoms with Gasteiger partial charge < -0.3 is 24.1 Å². The number of hydrogen-bond donors (Lipinski definition) is 1. The van der Waals surface area contributed by atoms with Gasteiger partial charge in [0.1, 0.15) is 29.7 Å². The molecule has 1 aromatic heterocycles. The Labute approximate surface area is 183 Å². The van der Waals surface area contributed by atoms with Gasteiger partial charge in [-0.2, -0.15) is 0 Å². The monoisotopic (exact) mass is 446 g/mol. The highest BCUT2D eigenvalue weighted by Gasteiger charge is 2.15. The van der Waals surface area contributed by atoms with Crippen LogP contribution in [-0.4, -0.2) is 40.6 Å². The highest BCUT2D eigenvalue weighted by atomic mass is 32.2. The van der Waals surface area contributed by atoms with Crippen molar-refractivity contribution in [3.8, 4) is 17.2 Å². The van der Waals surface area contributed by atoms with Gasteiger partial charge in [-0.15, -0.1) is 10.2 Å². The van der Waals surface area contributed by atoms with Crippen LogP contribution < -0.4 is 19.5 Å². The molecule has 0 saturated carbocycles. The minimum absolute atomic E-state index is 0.136. The van der Waals surface area contributed by atoms with Crippen LogP contribution in [0.2, 0.25) is 0 Å². The van der Waals surface area contributed by atoms with Crippen molar-refractivity contribution in [2.24, 2.45) is 0 Å². The Morgan fingerprint density at radius 1 is 1.10 bits per heavy atom. The molecule has 8 nitrogen and oxygen atoms in total. The van der Waals surface area contributed by atoms with Crippen molar-refractivity contribution < 1.29 is 23.4 Å². The fourth-order valence-corrected chi connectivity index (χ4v) is 3.58. The molecule has 0 fully saturated rings. The van der Waals surface area contributed by atoms with E-state index in [0.717, 1.165) is 0 Å². The summed E-state index contributed by atoms with van der Waals surface area (Å²) in [5.41, 5.74) is 0.526. The van der Waals surface area contributed by atoms with Gasteiger partial charge in [-0.05, 0) is 43.3 Å². The third kappa shape index (κ3) is 5.88. The van der Waals surface area contributed by atoms with Crippen LogP contribution in [0.15, 0.2) is 47.6 Å². The molecule has 0 aliphatic heterocycles. The third-order valence-electron chi connectivity index (χ3n) is 4.30. The number of ether oxygens (including phenoxy) is 3. The number of rotatable bonds is 10. The molecule has 0 radical (unpaired) electrons. The number of halogens is 1. The highest BCUT2D eigenvalue weighted by Crippen LogP contribution is 2.29. The van der Waals surface area contributed by atoms with E-state index in [1.807, 2.05) is 11.5 Å². The molecule has 2 aromatic carbocycles. The van der Waals surface area contributed by atoms with E-state index in [9.17, 15) is 9.18 Å². The van der Waals surface area contributed by atoms with E-state index in [-0.39, 0.29) is 24.1 Å². The smallest absolute Gasteiger partial charge is 0.234 e. The van der Waals surface area contributed by atoms with Crippen LogP contribution >= 0.6 is 11.8 Å². The summed E-state index contributed by atoms with van der Waals surface area (Å²) in [6.07, 6.45) is 0. The van der Waals surface area contributed by atoms with E-state index < -0.39 is 0 Å². The number of nitrogens with zero attached hydrogens (tertiary/aromatic N) is 3. The molecule has 3 rings (SSSR count). The van der Waals surface area contributed by atoms with Gasteiger partial charge in [0, 0.05) is 12.6 Å². The zero-order chi connectivity index (χ0) is 22.2. The van der Waals surface area contributed by atoms with Crippen molar-refractivity contribution in [3.05, 3.63) is 54.1 Å². The second-order valence-corrected chi connectivity index (χ2v) is 7.23. The van der Waals surface area contributed by atoms with Gasteiger partial charge >= 0.3 is 0 Å². The molecule has 164 valence electrons. The maximum Gasteiger partial charge on any atom is 0.234 e. The number of hydrogen-bond acceptors (Lipinski definition) is 7. The topological polar surface area (TPSA) is 87.5 Å². The maximum absolute atomic E-state index is 13.0. The fraction of sp³-hybridized carbons (Fsp3) is 0.286. The molecular weight excluding hydrogens is 423 g/mol. The number of benzene rings is 2. The third-order valence-corrected chi connectivity index (χ3v) is 5.27. The van der Waals surface area contributed by atoms with Crippen molar-refractivity contribution in [1.29, 1.82) is 0 Å². The zero-order valence-electron chi connectivity index (χ0n) is 17.4. The Bertz CT molecular complexity index is 1030. The Morgan fingerprint density at radius 3 is 2.52 bits per heavy atom. The summed E-state index contributed by atoms with van der Waals surface area (Å²) < 4.78 is 31.0. The Kier molecular flexibility index (Phi) is 7.71. The van der Waals surface area contributed by atoms with Crippen LogP contribution in [0.5, 0.6) is 17.2 Å².